The molecule has 5 heteroatoms. The van der Waals surface area contributed by atoms with E-state index in [0.717, 1.165) is 13.1 Å². The van der Waals surface area contributed by atoms with Crippen LogP contribution in [0.2, 0.25) is 0 Å². The number of quaternary nitrogens is 1. The van der Waals surface area contributed by atoms with Gasteiger partial charge >= 0.3 is 0 Å². The fourth-order valence-corrected chi connectivity index (χ4v) is 1.89. The molecule has 86 valence electrons. The van der Waals surface area contributed by atoms with Crippen molar-refractivity contribution in [2.24, 2.45) is 0 Å². The summed E-state index contributed by atoms with van der Waals surface area (Å²) in [5, 5.41) is 10.5. The van der Waals surface area contributed by atoms with Crippen LogP contribution in [0.1, 0.15) is 29.2 Å². The zero-order valence-electron chi connectivity index (χ0n) is 8.82. The van der Waals surface area contributed by atoms with Crippen LogP contribution < -0.4 is 10.0 Å². The number of likely N-dealkylation sites (tertiary alicyclic amines) is 1. The minimum Gasteiger partial charge on any atom is -0.542 e. The van der Waals surface area contributed by atoms with Crippen molar-refractivity contribution in [1.29, 1.82) is 0 Å². The maximum atomic E-state index is 11.0. The van der Waals surface area contributed by atoms with E-state index in [-0.39, 0.29) is 5.76 Å². The summed E-state index contributed by atoms with van der Waals surface area (Å²) >= 11 is 0. The van der Waals surface area contributed by atoms with E-state index in [1.54, 1.807) is 6.07 Å². The molecule has 0 aliphatic carbocycles. The lowest BCUT2D eigenvalue weighted by Crippen LogP contribution is -3.11. The van der Waals surface area contributed by atoms with Gasteiger partial charge in [-0.25, -0.2) is 0 Å². The maximum absolute atomic E-state index is 11.0. The van der Waals surface area contributed by atoms with Crippen molar-refractivity contribution in [3.8, 4) is 0 Å². The second-order valence-electron chi connectivity index (χ2n) is 4.02. The van der Waals surface area contributed by atoms with Crippen molar-refractivity contribution in [3.05, 3.63) is 23.7 Å². The van der Waals surface area contributed by atoms with Crippen LogP contribution in [0.25, 0.3) is 0 Å². The molecule has 2 heterocycles. The third kappa shape index (κ3) is 2.49. The average Bonchev–Trinajstić information content (AvgIpc) is 2.70. The lowest BCUT2D eigenvalue weighted by Gasteiger charge is -2.21. The SMILES string of the molecule is O=C1CC[NH+](Cc2ccc(C(=O)[O-])o2)CC1. The van der Waals surface area contributed by atoms with Crippen molar-refractivity contribution < 1.29 is 24.0 Å². The number of ketones is 1. The van der Waals surface area contributed by atoms with Crippen molar-refractivity contribution in [2.75, 3.05) is 13.1 Å². The molecule has 1 fully saturated rings. The summed E-state index contributed by atoms with van der Waals surface area (Å²) < 4.78 is 5.11. The molecule has 0 aromatic carbocycles. The number of furan rings is 1. The topological polar surface area (TPSA) is 74.8 Å². The predicted molar refractivity (Wildman–Crippen MR) is 51.7 cm³/mol. The van der Waals surface area contributed by atoms with Crippen LogP contribution in [0, 0.1) is 0 Å². The normalized spacial score (nSPS) is 17.6. The Morgan fingerprint density at radius 3 is 2.62 bits per heavy atom. The summed E-state index contributed by atoms with van der Waals surface area (Å²) in [7, 11) is 0. The Kier molecular flexibility index (Phi) is 3.05. The highest BCUT2D eigenvalue weighted by Gasteiger charge is 2.20. The molecule has 0 atom stereocenters. The summed E-state index contributed by atoms with van der Waals surface area (Å²) in [5.74, 6) is -0.500. The minimum atomic E-state index is -1.30. The van der Waals surface area contributed by atoms with E-state index < -0.39 is 5.97 Å². The summed E-state index contributed by atoms with van der Waals surface area (Å²) in [6.45, 7) is 2.21. The molecule has 0 radical (unpaired) electrons. The third-order valence-corrected chi connectivity index (χ3v) is 2.80. The van der Waals surface area contributed by atoms with Gasteiger partial charge in [-0.05, 0) is 12.1 Å². The first-order valence-corrected chi connectivity index (χ1v) is 5.30. The molecule has 1 aromatic rings. The fourth-order valence-electron chi connectivity index (χ4n) is 1.89. The Hall–Kier alpha value is -1.62. The van der Waals surface area contributed by atoms with Gasteiger partial charge in [0, 0.05) is 0 Å². The monoisotopic (exact) mass is 223 g/mol. The second-order valence-corrected chi connectivity index (χ2v) is 4.02. The van der Waals surface area contributed by atoms with Gasteiger partial charge in [-0.3, -0.25) is 4.79 Å². The zero-order valence-corrected chi connectivity index (χ0v) is 8.82. The standard InChI is InChI=1S/C11H13NO4/c13-8-3-5-12(6-4-8)7-9-1-2-10(16-9)11(14)15/h1-2H,3-7H2,(H,14,15). The quantitative estimate of drug-likeness (QED) is 0.669. The molecule has 1 aliphatic heterocycles. The maximum Gasteiger partial charge on any atom is 0.159 e. The molecule has 16 heavy (non-hydrogen) atoms. The number of nitrogens with one attached hydrogen (secondary N) is 1. The first-order valence-electron chi connectivity index (χ1n) is 5.30. The van der Waals surface area contributed by atoms with Crippen LogP contribution in [-0.4, -0.2) is 24.8 Å². The Bertz CT molecular complexity index is 400. The Balaban J connectivity index is 1.93. The number of carbonyl (C=O) groups is 2. The number of Topliss-reactive ketones (excluding diaryl/α,β-unsaturated/α-hetero) is 1. The molecular weight excluding hydrogens is 210 g/mol. The summed E-state index contributed by atoms with van der Waals surface area (Å²) in [6.07, 6.45) is 1.20. The molecule has 0 amide bonds. The predicted octanol–water partition coefficient (Wildman–Crippen LogP) is -1.61. The van der Waals surface area contributed by atoms with Crippen LogP contribution in [0.4, 0.5) is 0 Å². The van der Waals surface area contributed by atoms with Crippen LogP contribution >= 0.6 is 0 Å². The van der Waals surface area contributed by atoms with E-state index in [4.69, 9.17) is 4.42 Å². The molecule has 2 rings (SSSR count). The third-order valence-electron chi connectivity index (χ3n) is 2.80. The molecule has 0 spiro atoms. The van der Waals surface area contributed by atoms with Crippen molar-refractivity contribution in [3.63, 3.8) is 0 Å². The lowest BCUT2D eigenvalue weighted by atomic mass is 10.1. The zero-order chi connectivity index (χ0) is 11.5. The number of carboxylic acids is 1. The molecule has 1 aromatic heterocycles. The van der Waals surface area contributed by atoms with E-state index in [1.807, 2.05) is 0 Å². The molecule has 0 bridgehead atoms. The Morgan fingerprint density at radius 1 is 1.38 bits per heavy atom. The van der Waals surface area contributed by atoms with Crippen LogP contribution in [0.5, 0.6) is 0 Å². The van der Waals surface area contributed by atoms with Gasteiger partial charge in [0.05, 0.1) is 25.9 Å². The average molecular weight is 223 g/mol. The summed E-state index contributed by atoms with van der Waals surface area (Å²) in [4.78, 5) is 22.8. The fraction of sp³-hybridized carbons (Fsp3) is 0.455. The van der Waals surface area contributed by atoms with Crippen molar-refractivity contribution in [2.45, 2.75) is 19.4 Å². The molecule has 1 saturated heterocycles. The number of rotatable bonds is 3. The molecule has 0 unspecified atom stereocenters. The highest BCUT2D eigenvalue weighted by molar-refractivity contribution is 5.82. The molecule has 0 saturated carbocycles. The highest BCUT2D eigenvalue weighted by atomic mass is 16.4. The van der Waals surface area contributed by atoms with Crippen LogP contribution in [0.3, 0.4) is 0 Å². The minimum absolute atomic E-state index is 0.137. The first kappa shape index (κ1) is 10.9. The summed E-state index contributed by atoms with van der Waals surface area (Å²) in [5.41, 5.74) is 0. The van der Waals surface area contributed by atoms with Crippen LogP contribution in [0.15, 0.2) is 16.5 Å². The second kappa shape index (κ2) is 4.49. The smallest absolute Gasteiger partial charge is 0.159 e. The van der Waals surface area contributed by atoms with E-state index in [1.165, 1.54) is 11.0 Å². The van der Waals surface area contributed by atoms with Gasteiger partial charge in [-0.15, -0.1) is 0 Å². The Morgan fingerprint density at radius 2 is 2.06 bits per heavy atom. The number of hydrogen-bond donors (Lipinski definition) is 1. The van der Waals surface area contributed by atoms with Gasteiger partial charge in [0.2, 0.25) is 0 Å². The van der Waals surface area contributed by atoms with E-state index in [9.17, 15) is 14.7 Å². The van der Waals surface area contributed by atoms with Crippen molar-refractivity contribution >= 4 is 11.8 Å². The summed E-state index contributed by atoms with van der Waals surface area (Å²) in [6, 6.07) is 3.05. The van der Waals surface area contributed by atoms with Gasteiger partial charge in [0.25, 0.3) is 0 Å². The van der Waals surface area contributed by atoms with Gasteiger partial charge in [0.1, 0.15) is 24.1 Å². The molecular formula is C11H13NO4. The highest BCUT2D eigenvalue weighted by Crippen LogP contribution is 2.05. The van der Waals surface area contributed by atoms with Crippen LogP contribution in [-0.2, 0) is 11.3 Å². The van der Waals surface area contributed by atoms with Gasteiger partial charge in [-0.2, -0.15) is 0 Å². The van der Waals surface area contributed by atoms with E-state index in [2.05, 4.69) is 0 Å². The Labute approximate surface area is 92.7 Å². The van der Waals surface area contributed by atoms with E-state index >= 15 is 0 Å². The van der Waals surface area contributed by atoms with Gasteiger partial charge < -0.3 is 19.2 Å². The van der Waals surface area contributed by atoms with Gasteiger partial charge in [-0.1, -0.05) is 0 Å². The number of hydrogen-bond acceptors (Lipinski definition) is 4. The first-order chi connectivity index (χ1) is 7.65. The largest absolute Gasteiger partial charge is 0.542 e. The lowest BCUT2D eigenvalue weighted by molar-refractivity contribution is -0.916. The molecule has 1 N–H and O–H groups in total. The van der Waals surface area contributed by atoms with Gasteiger partial charge in [0.15, 0.2) is 5.76 Å². The number of aromatic carboxylic acids is 1. The number of carbonyl (C=O) groups excluding carboxylic acids is 2. The molecule has 5 nitrogen and oxygen atoms in total. The number of carboxylic acid groups (broad SMARTS) is 1. The van der Waals surface area contributed by atoms with Crippen molar-refractivity contribution in [1.82, 2.24) is 0 Å². The number of piperidine rings is 1. The van der Waals surface area contributed by atoms with E-state index in [0.29, 0.717) is 30.9 Å². The molecule has 1 aliphatic rings.